The van der Waals surface area contributed by atoms with E-state index >= 15 is 0 Å². The average molecular weight is 487 g/mol. The zero-order chi connectivity index (χ0) is 25.8. The van der Waals surface area contributed by atoms with Gasteiger partial charge in [-0.3, -0.25) is 0 Å². The highest BCUT2D eigenvalue weighted by Gasteiger charge is 2.40. The molecule has 1 aliphatic heterocycles. The van der Waals surface area contributed by atoms with E-state index in [4.69, 9.17) is 0 Å². The average Bonchev–Trinajstić information content (AvgIpc) is 2.85. The summed E-state index contributed by atoms with van der Waals surface area (Å²) in [6.07, 6.45) is 1.51. The number of likely N-dealkylation sites (N-methyl/N-ethyl adjacent to an activating group) is 1. The number of aromatic carboxylic acids is 1. The number of aliphatic hydroxyl groups is 1. The third-order valence-corrected chi connectivity index (χ3v) is 8.51. The van der Waals surface area contributed by atoms with Gasteiger partial charge in [0.05, 0.1) is 5.56 Å². The van der Waals surface area contributed by atoms with Crippen molar-refractivity contribution in [1.82, 2.24) is 4.90 Å². The SMILES string of the molecule is CN1CCN(c2cc(C(O)c3ccc4cc(C(=O)O)ccc4c3)cc3c2C(C)(C)CCC3(C)C)CC1. The van der Waals surface area contributed by atoms with E-state index in [9.17, 15) is 15.0 Å². The maximum atomic E-state index is 11.6. The summed E-state index contributed by atoms with van der Waals surface area (Å²) in [5, 5.41) is 22.7. The molecule has 3 aromatic rings. The monoisotopic (exact) mass is 486 g/mol. The molecule has 36 heavy (non-hydrogen) atoms. The molecular formula is C31H38N2O3. The Hall–Kier alpha value is -2.89. The van der Waals surface area contributed by atoms with Crippen LogP contribution in [-0.4, -0.2) is 54.3 Å². The van der Waals surface area contributed by atoms with Crippen molar-refractivity contribution in [3.63, 3.8) is 0 Å². The number of hydrogen-bond acceptors (Lipinski definition) is 4. The molecule has 1 saturated heterocycles. The zero-order valence-electron chi connectivity index (χ0n) is 22.1. The molecule has 2 aliphatic rings. The first-order valence-electron chi connectivity index (χ1n) is 13.0. The molecule has 0 spiro atoms. The molecule has 5 nitrogen and oxygen atoms in total. The molecule has 1 aliphatic carbocycles. The highest BCUT2D eigenvalue weighted by Crippen LogP contribution is 2.50. The minimum absolute atomic E-state index is 0.0402. The fraction of sp³-hybridized carbons (Fsp3) is 0.452. The third kappa shape index (κ3) is 4.39. The van der Waals surface area contributed by atoms with E-state index in [1.807, 2.05) is 24.3 Å². The molecule has 0 amide bonds. The smallest absolute Gasteiger partial charge is 0.335 e. The lowest BCUT2D eigenvalue weighted by Crippen LogP contribution is -2.46. The molecule has 1 fully saturated rings. The van der Waals surface area contributed by atoms with Crippen molar-refractivity contribution >= 4 is 22.4 Å². The topological polar surface area (TPSA) is 64.0 Å². The molecule has 190 valence electrons. The number of hydrogen-bond donors (Lipinski definition) is 2. The van der Waals surface area contributed by atoms with Crippen LogP contribution in [0.25, 0.3) is 10.8 Å². The van der Waals surface area contributed by atoms with Crippen molar-refractivity contribution in [2.45, 2.75) is 57.5 Å². The van der Waals surface area contributed by atoms with Crippen molar-refractivity contribution in [2.75, 3.05) is 38.1 Å². The number of aliphatic hydroxyl groups excluding tert-OH is 1. The summed E-state index contributed by atoms with van der Waals surface area (Å²) in [7, 11) is 2.18. The van der Waals surface area contributed by atoms with Crippen molar-refractivity contribution in [2.24, 2.45) is 0 Å². The Labute approximate surface area is 214 Å². The van der Waals surface area contributed by atoms with Crippen LogP contribution >= 0.6 is 0 Å². The van der Waals surface area contributed by atoms with Crippen LogP contribution in [0.3, 0.4) is 0 Å². The van der Waals surface area contributed by atoms with Crippen molar-refractivity contribution < 1.29 is 15.0 Å². The minimum atomic E-state index is -0.933. The molecule has 1 atom stereocenters. The predicted octanol–water partition coefficient (Wildman–Crippen LogP) is 5.72. The van der Waals surface area contributed by atoms with Gasteiger partial charge in [-0.25, -0.2) is 4.79 Å². The molecule has 0 radical (unpaired) electrons. The largest absolute Gasteiger partial charge is 0.478 e. The van der Waals surface area contributed by atoms with E-state index < -0.39 is 12.1 Å². The Balaban J connectivity index is 1.62. The number of piperazine rings is 1. The predicted molar refractivity (Wildman–Crippen MR) is 146 cm³/mol. The van der Waals surface area contributed by atoms with E-state index in [2.05, 4.69) is 56.7 Å². The second-order valence-electron chi connectivity index (χ2n) is 12.0. The first-order chi connectivity index (χ1) is 17.0. The molecule has 5 heteroatoms. The molecule has 0 saturated carbocycles. The fourth-order valence-electron chi connectivity index (χ4n) is 5.99. The van der Waals surface area contributed by atoms with Crippen molar-refractivity contribution in [3.8, 4) is 0 Å². The van der Waals surface area contributed by atoms with Crippen molar-refractivity contribution in [1.29, 1.82) is 0 Å². The Morgan fingerprint density at radius 1 is 0.833 bits per heavy atom. The van der Waals surface area contributed by atoms with Crippen LogP contribution < -0.4 is 4.90 Å². The van der Waals surface area contributed by atoms with Gasteiger partial charge < -0.3 is 20.0 Å². The molecule has 1 heterocycles. The van der Waals surface area contributed by atoms with E-state index in [1.54, 1.807) is 12.1 Å². The highest BCUT2D eigenvalue weighted by molar-refractivity contribution is 5.94. The first-order valence-corrected chi connectivity index (χ1v) is 13.0. The van der Waals surface area contributed by atoms with E-state index in [0.29, 0.717) is 0 Å². The molecule has 0 aromatic heterocycles. The second-order valence-corrected chi connectivity index (χ2v) is 12.0. The number of rotatable bonds is 4. The van der Waals surface area contributed by atoms with E-state index in [-0.39, 0.29) is 16.4 Å². The lowest BCUT2D eigenvalue weighted by Gasteiger charge is -2.46. The van der Waals surface area contributed by atoms with Gasteiger partial charge in [0.2, 0.25) is 0 Å². The van der Waals surface area contributed by atoms with Gasteiger partial charge in [-0.05, 0) is 88.0 Å². The van der Waals surface area contributed by atoms with Crippen LogP contribution in [0.2, 0.25) is 0 Å². The van der Waals surface area contributed by atoms with Gasteiger partial charge in [-0.1, -0.05) is 52.0 Å². The lowest BCUT2D eigenvalue weighted by atomic mass is 9.62. The summed E-state index contributed by atoms with van der Waals surface area (Å²) in [5.74, 6) is -0.933. The fourth-order valence-corrected chi connectivity index (χ4v) is 5.99. The normalized spacial score (nSPS) is 20.2. The third-order valence-electron chi connectivity index (χ3n) is 8.51. The van der Waals surface area contributed by atoms with Gasteiger partial charge >= 0.3 is 5.97 Å². The molecular weight excluding hydrogens is 448 g/mol. The van der Waals surface area contributed by atoms with Crippen LogP contribution in [0, 0.1) is 0 Å². The Morgan fingerprint density at radius 2 is 1.47 bits per heavy atom. The number of carbonyl (C=O) groups is 1. The summed E-state index contributed by atoms with van der Waals surface area (Å²) in [6.45, 7) is 13.4. The standard InChI is InChI=1S/C31H38N2O3/c1-30(2)10-11-31(3,4)27-25(30)18-24(19-26(27)33-14-12-32(5)13-15-33)28(34)22-8-6-21-17-23(29(35)36)9-7-20(21)16-22/h6-9,16-19,28,34H,10-15H2,1-5H3,(H,35,36). The maximum Gasteiger partial charge on any atom is 0.335 e. The van der Waals surface area contributed by atoms with Crippen LogP contribution in [-0.2, 0) is 10.8 Å². The van der Waals surface area contributed by atoms with Crippen LogP contribution in [0.15, 0.2) is 48.5 Å². The highest BCUT2D eigenvalue weighted by atomic mass is 16.4. The first kappa shape index (κ1) is 24.8. The Morgan fingerprint density at radius 3 is 2.17 bits per heavy atom. The number of anilines is 1. The quantitative estimate of drug-likeness (QED) is 0.494. The van der Waals surface area contributed by atoms with E-state index in [0.717, 1.165) is 60.9 Å². The zero-order valence-corrected chi connectivity index (χ0v) is 22.1. The van der Waals surface area contributed by atoms with Gasteiger partial charge in [0.25, 0.3) is 0 Å². The van der Waals surface area contributed by atoms with Crippen LogP contribution in [0.4, 0.5) is 5.69 Å². The minimum Gasteiger partial charge on any atom is -0.478 e. The molecule has 5 rings (SSSR count). The van der Waals surface area contributed by atoms with Gasteiger partial charge in [0, 0.05) is 31.9 Å². The van der Waals surface area contributed by atoms with Crippen LogP contribution in [0.5, 0.6) is 0 Å². The summed E-state index contributed by atoms with van der Waals surface area (Å²) in [5.41, 5.74) is 6.22. The van der Waals surface area contributed by atoms with Gasteiger partial charge in [-0.15, -0.1) is 0 Å². The number of carboxylic acid groups (broad SMARTS) is 1. The van der Waals surface area contributed by atoms with Crippen molar-refractivity contribution in [3.05, 3.63) is 76.3 Å². The maximum absolute atomic E-state index is 11.6. The molecule has 1 unspecified atom stereocenters. The number of nitrogens with zero attached hydrogens (tertiary/aromatic N) is 2. The summed E-state index contributed by atoms with van der Waals surface area (Å²) in [6, 6.07) is 15.4. The van der Waals surface area contributed by atoms with Gasteiger partial charge in [-0.2, -0.15) is 0 Å². The number of fused-ring (bicyclic) bond motifs is 2. The summed E-state index contributed by atoms with van der Waals surface area (Å²) >= 11 is 0. The number of carboxylic acids is 1. The molecule has 3 aromatic carbocycles. The second kappa shape index (κ2) is 8.89. The molecule has 0 bridgehead atoms. The summed E-state index contributed by atoms with van der Waals surface area (Å²) < 4.78 is 0. The van der Waals surface area contributed by atoms with Gasteiger partial charge in [0.15, 0.2) is 0 Å². The number of benzene rings is 3. The lowest BCUT2D eigenvalue weighted by molar-refractivity contribution is 0.0697. The van der Waals surface area contributed by atoms with E-state index in [1.165, 1.54) is 16.8 Å². The van der Waals surface area contributed by atoms with Crippen LogP contribution in [0.1, 0.15) is 79.3 Å². The van der Waals surface area contributed by atoms with Gasteiger partial charge in [0.1, 0.15) is 6.10 Å². The molecule has 2 N–H and O–H groups in total. The summed E-state index contributed by atoms with van der Waals surface area (Å²) in [4.78, 5) is 16.3. The Bertz CT molecular complexity index is 1320. The Kier molecular flexibility index (Phi) is 6.12.